The van der Waals surface area contributed by atoms with E-state index in [1.807, 2.05) is 24.3 Å². The van der Waals surface area contributed by atoms with Crippen LogP contribution in [0.15, 0.2) is 65.6 Å². The van der Waals surface area contributed by atoms with E-state index in [9.17, 15) is 4.79 Å². The topological polar surface area (TPSA) is 191 Å². The normalized spacial score (nSPS) is 11.2. The van der Waals surface area contributed by atoms with Crippen molar-refractivity contribution in [2.45, 2.75) is 19.3 Å². The highest BCUT2D eigenvalue weighted by Crippen LogP contribution is 2.32. The number of aliphatic carboxylic acids is 1. The summed E-state index contributed by atoms with van der Waals surface area (Å²) in [6.45, 7) is 1.90. The van der Waals surface area contributed by atoms with Crippen LogP contribution in [0.25, 0.3) is 5.82 Å². The molecule has 2 heterocycles. The van der Waals surface area contributed by atoms with Gasteiger partial charge in [-0.2, -0.15) is 9.78 Å². The van der Waals surface area contributed by atoms with Crippen molar-refractivity contribution in [3.63, 3.8) is 0 Å². The summed E-state index contributed by atoms with van der Waals surface area (Å²) in [5.41, 5.74) is 7.60. The molecular weight excluding hydrogens is 518 g/mol. The lowest BCUT2D eigenvalue weighted by Gasteiger charge is -2.18. The van der Waals surface area contributed by atoms with E-state index in [2.05, 4.69) is 20.3 Å². The molecule has 0 amide bonds. The van der Waals surface area contributed by atoms with Gasteiger partial charge in [0.05, 0.1) is 13.7 Å². The zero-order chi connectivity index (χ0) is 29.1. The van der Waals surface area contributed by atoms with Gasteiger partial charge in [0.25, 0.3) is 5.97 Å². The number of nitrogens with two attached hydrogens (primary N) is 1. The number of nitrogens with one attached hydrogen (secondary N) is 2. The van der Waals surface area contributed by atoms with Crippen molar-refractivity contribution in [1.29, 1.82) is 5.41 Å². The van der Waals surface area contributed by atoms with Crippen molar-refractivity contribution >= 4 is 11.8 Å². The molecule has 1 unspecified atom stereocenters. The van der Waals surface area contributed by atoms with Crippen LogP contribution in [0.4, 0.5) is 0 Å². The Bertz CT molecular complexity index is 1460. The van der Waals surface area contributed by atoms with Crippen LogP contribution in [-0.4, -0.2) is 69.3 Å². The van der Waals surface area contributed by atoms with E-state index in [1.165, 1.54) is 10.9 Å². The molecule has 2 aromatic carbocycles. The molecule has 0 aliphatic rings. The first-order valence-electron chi connectivity index (χ1n) is 12.1. The molecule has 0 radical (unpaired) electrons. The molecule has 13 heteroatoms. The minimum Gasteiger partial charge on any atom is -0.497 e. The number of methoxy groups -OCH3 is 2. The SMILES string of the molecule is CC(=O)O.COCCOc1cc(OC)cc(C(Cc2ccc(C(=N)N)cc2)c2nn(-c3cccnn3)c(=O)[nH]2)c1. The number of hydrogen-bond donors (Lipinski definition) is 4. The number of H-pyrrole nitrogens is 1. The molecule has 40 heavy (non-hydrogen) atoms. The second-order valence-corrected chi connectivity index (χ2v) is 8.48. The number of aromatic amines is 1. The number of carboxylic acid groups (broad SMARTS) is 1. The summed E-state index contributed by atoms with van der Waals surface area (Å²) < 4.78 is 17.6. The number of ether oxygens (including phenoxy) is 3. The number of nitrogens with zero attached hydrogens (tertiary/aromatic N) is 4. The number of amidine groups is 1. The van der Waals surface area contributed by atoms with Crippen LogP contribution >= 0.6 is 0 Å². The average molecular weight is 550 g/mol. The van der Waals surface area contributed by atoms with E-state index in [-0.39, 0.29) is 11.8 Å². The van der Waals surface area contributed by atoms with Crippen molar-refractivity contribution in [1.82, 2.24) is 25.0 Å². The largest absolute Gasteiger partial charge is 0.497 e. The van der Waals surface area contributed by atoms with Crippen LogP contribution in [0.5, 0.6) is 11.5 Å². The molecule has 0 aliphatic heterocycles. The Labute approximate surface area is 230 Å². The maximum atomic E-state index is 12.8. The quantitative estimate of drug-likeness (QED) is 0.122. The highest BCUT2D eigenvalue weighted by Gasteiger charge is 2.23. The van der Waals surface area contributed by atoms with E-state index in [4.69, 9.17) is 35.3 Å². The van der Waals surface area contributed by atoms with Gasteiger partial charge >= 0.3 is 5.69 Å². The van der Waals surface area contributed by atoms with Gasteiger partial charge in [0.15, 0.2) is 5.82 Å². The first-order valence-corrected chi connectivity index (χ1v) is 12.1. The lowest BCUT2D eigenvalue weighted by atomic mass is 9.90. The summed E-state index contributed by atoms with van der Waals surface area (Å²) in [4.78, 5) is 24.7. The van der Waals surface area contributed by atoms with Crippen molar-refractivity contribution < 1.29 is 24.1 Å². The standard InChI is InChI=1S/C25H27N7O4.C2H4O2/c1-34-10-11-36-20-14-18(13-19(15-20)35-2)21(12-16-5-7-17(8-6-16)23(26)27)24-29-25(33)32(31-24)22-4-3-9-28-30-22;1-2(3)4/h3-9,13-15,21H,10-12H2,1-2H3,(H3,26,27)(H,29,31,33);1H3,(H,3,4). The molecule has 0 bridgehead atoms. The fourth-order valence-corrected chi connectivity index (χ4v) is 3.73. The number of nitrogen functional groups attached to an aromatic ring is 1. The van der Waals surface area contributed by atoms with Gasteiger partial charge in [-0.15, -0.1) is 10.2 Å². The number of benzene rings is 2. The summed E-state index contributed by atoms with van der Waals surface area (Å²) in [5.74, 6) is 0.761. The Balaban J connectivity index is 0.00000103. The number of rotatable bonds is 11. The van der Waals surface area contributed by atoms with Crippen molar-refractivity contribution in [2.75, 3.05) is 27.4 Å². The first kappa shape index (κ1) is 29.5. The third-order valence-corrected chi connectivity index (χ3v) is 5.54. The van der Waals surface area contributed by atoms with E-state index >= 15 is 0 Å². The van der Waals surface area contributed by atoms with Crippen molar-refractivity contribution in [3.05, 3.63) is 93.8 Å². The lowest BCUT2D eigenvalue weighted by molar-refractivity contribution is -0.134. The summed E-state index contributed by atoms with van der Waals surface area (Å²) in [7, 11) is 3.19. The van der Waals surface area contributed by atoms with E-state index in [0.717, 1.165) is 18.1 Å². The Morgan fingerprint density at radius 1 is 1.12 bits per heavy atom. The molecule has 0 aliphatic carbocycles. The third-order valence-electron chi connectivity index (χ3n) is 5.54. The Morgan fingerprint density at radius 3 is 2.42 bits per heavy atom. The van der Waals surface area contributed by atoms with Crippen LogP contribution in [-0.2, 0) is 16.0 Å². The van der Waals surface area contributed by atoms with E-state index in [0.29, 0.717) is 48.3 Å². The smallest absolute Gasteiger partial charge is 0.349 e. The van der Waals surface area contributed by atoms with Gasteiger partial charge in [-0.1, -0.05) is 24.3 Å². The van der Waals surface area contributed by atoms with Gasteiger partial charge in [0, 0.05) is 37.8 Å². The maximum absolute atomic E-state index is 12.8. The van der Waals surface area contributed by atoms with Crippen LogP contribution in [0, 0.1) is 5.41 Å². The van der Waals surface area contributed by atoms with Gasteiger partial charge in [-0.05, 0) is 41.8 Å². The molecule has 13 nitrogen and oxygen atoms in total. The number of hydrogen-bond acceptors (Lipinski definition) is 9. The maximum Gasteiger partial charge on any atom is 0.349 e. The molecule has 2 aromatic heterocycles. The highest BCUT2D eigenvalue weighted by atomic mass is 16.5. The molecular formula is C27H31N7O6. The minimum atomic E-state index is -0.833. The Hall–Kier alpha value is -5.04. The third kappa shape index (κ3) is 8.23. The van der Waals surface area contributed by atoms with Crippen LogP contribution in [0.2, 0.25) is 0 Å². The van der Waals surface area contributed by atoms with Crippen LogP contribution < -0.4 is 20.9 Å². The zero-order valence-electron chi connectivity index (χ0n) is 22.3. The molecule has 210 valence electrons. The van der Waals surface area contributed by atoms with Gasteiger partial charge in [0.1, 0.15) is 29.8 Å². The molecule has 0 spiro atoms. The van der Waals surface area contributed by atoms with Crippen molar-refractivity contribution in [3.8, 4) is 17.3 Å². The molecule has 4 aromatic rings. The van der Waals surface area contributed by atoms with Crippen molar-refractivity contribution in [2.24, 2.45) is 5.73 Å². The molecule has 0 saturated heterocycles. The zero-order valence-corrected chi connectivity index (χ0v) is 22.3. The molecule has 4 rings (SSSR count). The average Bonchev–Trinajstić information content (AvgIpc) is 3.33. The first-order chi connectivity index (χ1) is 19.2. The predicted molar refractivity (Wildman–Crippen MR) is 146 cm³/mol. The van der Waals surface area contributed by atoms with Gasteiger partial charge < -0.3 is 25.1 Å². The predicted octanol–water partition coefficient (Wildman–Crippen LogP) is 2.13. The molecule has 0 saturated carbocycles. The fourth-order valence-electron chi connectivity index (χ4n) is 3.73. The second-order valence-electron chi connectivity index (χ2n) is 8.48. The monoisotopic (exact) mass is 549 g/mol. The Kier molecular flexibility index (Phi) is 10.5. The Morgan fingerprint density at radius 2 is 1.82 bits per heavy atom. The van der Waals surface area contributed by atoms with Gasteiger partial charge in [0.2, 0.25) is 0 Å². The van der Waals surface area contributed by atoms with Crippen LogP contribution in [0.1, 0.15) is 35.4 Å². The minimum absolute atomic E-state index is 0.00390. The van der Waals surface area contributed by atoms with E-state index in [1.54, 1.807) is 44.6 Å². The molecule has 1 atom stereocenters. The number of carboxylic acids is 1. The fraction of sp³-hybridized carbons (Fsp3) is 0.259. The summed E-state index contributed by atoms with van der Waals surface area (Å²) >= 11 is 0. The molecule has 5 N–H and O–H groups in total. The number of carbonyl (C=O) groups is 1. The summed E-state index contributed by atoms with van der Waals surface area (Å²) in [6, 6.07) is 16.3. The lowest BCUT2D eigenvalue weighted by Crippen LogP contribution is -2.17. The van der Waals surface area contributed by atoms with Gasteiger partial charge in [-0.25, -0.2) is 4.79 Å². The highest BCUT2D eigenvalue weighted by molar-refractivity contribution is 5.94. The summed E-state index contributed by atoms with van der Waals surface area (Å²) in [5, 5.41) is 27.4. The van der Waals surface area contributed by atoms with Gasteiger partial charge in [-0.3, -0.25) is 15.2 Å². The summed E-state index contributed by atoms with van der Waals surface area (Å²) in [6.07, 6.45) is 2.02. The molecule has 0 fully saturated rings. The van der Waals surface area contributed by atoms with Crippen LogP contribution in [0.3, 0.4) is 0 Å². The number of aromatic nitrogens is 5. The van der Waals surface area contributed by atoms with E-state index < -0.39 is 11.7 Å². The second kappa shape index (κ2) is 14.2.